The summed E-state index contributed by atoms with van der Waals surface area (Å²) in [6.45, 7) is 1.92. The summed E-state index contributed by atoms with van der Waals surface area (Å²) in [6, 6.07) is 12.8. The molecule has 0 fully saturated rings. The summed E-state index contributed by atoms with van der Waals surface area (Å²) < 4.78 is 6.86. The van der Waals surface area contributed by atoms with Crippen molar-refractivity contribution >= 4 is 23.5 Å². The van der Waals surface area contributed by atoms with Crippen LogP contribution in [-0.2, 0) is 16.1 Å². The van der Waals surface area contributed by atoms with Crippen molar-refractivity contribution in [1.29, 1.82) is 0 Å². The van der Waals surface area contributed by atoms with Gasteiger partial charge in [-0.25, -0.2) is 9.78 Å². The third-order valence-electron chi connectivity index (χ3n) is 3.76. The molecule has 0 atom stereocenters. The zero-order valence-electron chi connectivity index (χ0n) is 14.2. The lowest BCUT2D eigenvalue weighted by atomic mass is 10.2. The number of fused-ring (bicyclic) bond motifs is 1. The van der Waals surface area contributed by atoms with Gasteiger partial charge in [-0.3, -0.25) is 9.69 Å². The van der Waals surface area contributed by atoms with Gasteiger partial charge >= 0.3 is 12.1 Å². The van der Waals surface area contributed by atoms with Crippen LogP contribution < -0.4 is 4.90 Å². The highest BCUT2D eigenvalue weighted by Gasteiger charge is 2.22. The number of hydrogen-bond donors (Lipinski definition) is 1. The zero-order valence-corrected chi connectivity index (χ0v) is 14.2. The van der Waals surface area contributed by atoms with E-state index in [-0.39, 0.29) is 19.6 Å². The van der Waals surface area contributed by atoms with Crippen LogP contribution in [0.25, 0.3) is 5.65 Å². The Hall–Kier alpha value is -3.42. The SMILES string of the molecule is Cc1cc(N(CCC(=O)O)C(=O)OCc2ccccc2)n2ncnc2c1. The second-order valence-electron chi connectivity index (χ2n) is 5.76. The summed E-state index contributed by atoms with van der Waals surface area (Å²) in [6.07, 6.45) is 0.519. The minimum absolute atomic E-state index is 0.0403. The van der Waals surface area contributed by atoms with E-state index in [9.17, 15) is 9.59 Å². The maximum absolute atomic E-state index is 12.7. The molecule has 0 aliphatic carbocycles. The molecule has 0 unspecified atom stereocenters. The number of hydrogen-bond acceptors (Lipinski definition) is 5. The highest BCUT2D eigenvalue weighted by atomic mass is 16.6. The Morgan fingerprint density at radius 3 is 2.73 bits per heavy atom. The standard InChI is InChI=1S/C18H18N4O4/c1-13-9-15-19-12-20-22(15)16(10-13)21(8-7-17(23)24)18(25)26-11-14-5-3-2-4-6-14/h2-6,9-10,12H,7-8,11H2,1H3,(H,23,24). The maximum atomic E-state index is 12.7. The third-order valence-corrected chi connectivity index (χ3v) is 3.76. The lowest BCUT2D eigenvalue weighted by molar-refractivity contribution is -0.136. The van der Waals surface area contributed by atoms with Crippen LogP contribution in [0.1, 0.15) is 17.5 Å². The number of rotatable bonds is 6. The van der Waals surface area contributed by atoms with Crippen LogP contribution in [0.15, 0.2) is 48.8 Å². The zero-order chi connectivity index (χ0) is 18.5. The molecule has 8 nitrogen and oxygen atoms in total. The van der Waals surface area contributed by atoms with Crippen molar-refractivity contribution in [2.24, 2.45) is 0 Å². The molecule has 2 heterocycles. The van der Waals surface area contributed by atoms with E-state index < -0.39 is 12.1 Å². The molecule has 26 heavy (non-hydrogen) atoms. The predicted molar refractivity (Wildman–Crippen MR) is 93.9 cm³/mol. The molecule has 8 heteroatoms. The molecule has 0 saturated heterocycles. The predicted octanol–water partition coefficient (Wildman–Crippen LogP) is 2.66. The van der Waals surface area contributed by atoms with E-state index in [1.807, 2.05) is 43.3 Å². The second-order valence-corrected chi connectivity index (χ2v) is 5.76. The second kappa shape index (κ2) is 7.64. The van der Waals surface area contributed by atoms with E-state index >= 15 is 0 Å². The molecule has 2 aromatic heterocycles. The van der Waals surface area contributed by atoms with Gasteiger partial charge in [0.1, 0.15) is 18.8 Å². The smallest absolute Gasteiger partial charge is 0.415 e. The number of pyridine rings is 1. The molecule has 0 spiro atoms. The minimum Gasteiger partial charge on any atom is -0.481 e. The van der Waals surface area contributed by atoms with Gasteiger partial charge in [-0.15, -0.1) is 0 Å². The molecule has 1 aromatic carbocycles. The average Bonchev–Trinajstić information content (AvgIpc) is 3.09. The van der Waals surface area contributed by atoms with Gasteiger partial charge in [0.25, 0.3) is 0 Å². The fourth-order valence-corrected chi connectivity index (χ4v) is 2.53. The van der Waals surface area contributed by atoms with E-state index in [4.69, 9.17) is 9.84 Å². The van der Waals surface area contributed by atoms with Gasteiger partial charge in [0.15, 0.2) is 5.65 Å². The number of aromatic nitrogens is 3. The highest BCUT2D eigenvalue weighted by molar-refractivity contribution is 5.87. The number of amides is 1. The quantitative estimate of drug-likeness (QED) is 0.731. The first kappa shape index (κ1) is 17.4. The van der Waals surface area contributed by atoms with Crippen LogP contribution in [-0.4, -0.2) is 38.3 Å². The first-order chi connectivity index (χ1) is 12.5. The van der Waals surface area contributed by atoms with Crippen LogP contribution in [0.4, 0.5) is 10.6 Å². The average molecular weight is 354 g/mol. The Balaban J connectivity index is 1.87. The number of nitrogens with zero attached hydrogens (tertiary/aromatic N) is 4. The lowest BCUT2D eigenvalue weighted by Crippen LogP contribution is -2.35. The van der Waals surface area contributed by atoms with Crippen LogP contribution in [0, 0.1) is 6.92 Å². The maximum Gasteiger partial charge on any atom is 0.415 e. The van der Waals surface area contributed by atoms with Crippen molar-refractivity contribution < 1.29 is 19.4 Å². The first-order valence-electron chi connectivity index (χ1n) is 8.05. The van der Waals surface area contributed by atoms with E-state index in [2.05, 4.69) is 10.1 Å². The Labute approximate surface area is 149 Å². The first-order valence-corrected chi connectivity index (χ1v) is 8.05. The molecule has 1 N–H and O–H groups in total. The molecule has 1 amide bonds. The molecule has 134 valence electrons. The van der Waals surface area contributed by atoms with Crippen LogP contribution in [0.2, 0.25) is 0 Å². The molecular weight excluding hydrogens is 336 g/mol. The monoisotopic (exact) mass is 354 g/mol. The van der Waals surface area contributed by atoms with Crippen LogP contribution >= 0.6 is 0 Å². The van der Waals surface area contributed by atoms with E-state index in [0.29, 0.717) is 11.5 Å². The summed E-state index contributed by atoms with van der Waals surface area (Å²) in [4.78, 5) is 29.1. The summed E-state index contributed by atoms with van der Waals surface area (Å²) in [5.41, 5.74) is 2.28. The van der Waals surface area contributed by atoms with Crippen molar-refractivity contribution in [2.45, 2.75) is 20.0 Å². The fourth-order valence-electron chi connectivity index (χ4n) is 2.53. The van der Waals surface area contributed by atoms with Gasteiger partial charge in [0.05, 0.1) is 6.42 Å². The van der Waals surface area contributed by atoms with Gasteiger partial charge in [-0.1, -0.05) is 30.3 Å². The van der Waals surface area contributed by atoms with Gasteiger partial charge in [0.2, 0.25) is 0 Å². The van der Waals surface area contributed by atoms with E-state index in [1.165, 1.54) is 15.7 Å². The lowest BCUT2D eigenvalue weighted by Gasteiger charge is -2.22. The Bertz CT molecular complexity index is 923. The minimum atomic E-state index is -1.01. The molecule has 3 aromatic rings. The van der Waals surface area contributed by atoms with Gasteiger partial charge in [-0.2, -0.15) is 9.61 Å². The fraction of sp³-hybridized carbons (Fsp3) is 0.222. The number of aryl methyl sites for hydroxylation is 1. The van der Waals surface area contributed by atoms with Crippen molar-refractivity contribution in [3.63, 3.8) is 0 Å². The summed E-state index contributed by atoms with van der Waals surface area (Å²) in [5.74, 6) is -0.592. The molecule has 0 aliphatic heterocycles. The van der Waals surface area contributed by atoms with Gasteiger partial charge < -0.3 is 9.84 Å². The number of carboxylic acids is 1. The number of benzene rings is 1. The normalized spacial score (nSPS) is 10.7. The highest BCUT2D eigenvalue weighted by Crippen LogP contribution is 2.20. The molecule has 0 saturated carbocycles. The van der Waals surface area contributed by atoms with E-state index in [0.717, 1.165) is 11.1 Å². The number of carbonyl (C=O) groups excluding carboxylic acids is 1. The van der Waals surface area contributed by atoms with Crippen LogP contribution in [0.3, 0.4) is 0 Å². The number of ether oxygens (including phenoxy) is 1. The molecule has 0 aliphatic rings. The molecule has 3 rings (SSSR count). The van der Waals surface area contributed by atoms with Crippen molar-refractivity contribution in [3.05, 3.63) is 59.9 Å². The Morgan fingerprint density at radius 1 is 1.23 bits per heavy atom. The summed E-state index contributed by atoms with van der Waals surface area (Å²) in [7, 11) is 0. The van der Waals surface area contributed by atoms with Gasteiger partial charge in [-0.05, 0) is 30.2 Å². The topological polar surface area (TPSA) is 97.0 Å². The largest absolute Gasteiger partial charge is 0.481 e. The summed E-state index contributed by atoms with van der Waals surface area (Å²) >= 11 is 0. The number of anilines is 1. The Morgan fingerprint density at radius 2 is 2.00 bits per heavy atom. The number of carboxylic acid groups (broad SMARTS) is 1. The van der Waals surface area contributed by atoms with E-state index in [1.54, 1.807) is 6.07 Å². The molecular formula is C18H18N4O4. The third kappa shape index (κ3) is 3.97. The van der Waals surface area contributed by atoms with Crippen molar-refractivity contribution in [1.82, 2.24) is 14.6 Å². The Kier molecular flexibility index (Phi) is 5.12. The molecule has 0 bridgehead atoms. The van der Waals surface area contributed by atoms with Crippen LogP contribution in [0.5, 0.6) is 0 Å². The number of aliphatic carboxylic acids is 1. The molecule has 0 radical (unpaired) electrons. The summed E-state index contributed by atoms with van der Waals surface area (Å²) in [5, 5.41) is 13.1. The van der Waals surface area contributed by atoms with Gasteiger partial charge in [0, 0.05) is 6.54 Å². The van der Waals surface area contributed by atoms with Crippen molar-refractivity contribution in [2.75, 3.05) is 11.4 Å². The van der Waals surface area contributed by atoms with Crippen molar-refractivity contribution in [3.8, 4) is 0 Å². The number of carbonyl (C=O) groups is 2.